The van der Waals surface area contributed by atoms with Gasteiger partial charge in [-0.15, -0.1) is 0 Å². The van der Waals surface area contributed by atoms with Crippen LogP contribution in [0.25, 0.3) is 0 Å². The highest BCUT2D eigenvalue weighted by Gasteiger charge is 2.21. The maximum atomic E-state index is 3.25. The zero-order chi connectivity index (χ0) is 11.1. The lowest BCUT2D eigenvalue weighted by Gasteiger charge is -2.38. The number of nitrogens with one attached hydrogen (secondary N) is 1. The third-order valence-corrected chi connectivity index (χ3v) is 3.57. The van der Waals surface area contributed by atoms with Gasteiger partial charge in [0, 0.05) is 32.2 Å². The fourth-order valence-corrected chi connectivity index (χ4v) is 2.40. The fourth-order valence-electron chi connectivity index (χ4n) is 2.40. The molecule has 90 valence electrons. The number of rotatable bonds is 6. The minimum atomic E-state index is 0.788. The zero-order valence-corrected chi connectivity index (χ0v) is 10.6. The van der Waals surface area contributed by atoms with E-state index in [1.807, 2.05) is 7.05 Å². The van der Waals surface area contributed by atoms with Gasteiger partial charge in [-0.05, 0) is 33.0 Å². The van der Waals surface area contributed by atoms with Gasteiger partial charge < -0.3 is 10.2 Å². The second kappa shape index (κ2) is 7.20. The van der Waals surface area contributed by atoms with Crippen molar-refractivity contribution in [1.29, 1.82) is 0 Å². The van der Waals surface area contributed by atoms with Gasteiger partial charge >= 0.3 is 0 Å². The molecule has 0 aromatic heterocycles. The van der Waals surface area contributed by atoms with Crippen molar-refractivity contribution in [2.24, 2.45) is 0 Å². The van der Waals surface area contributed by atoms with Gasteiger partial charge in [0.15, 0.2) is 0 Å². The van der Waals surface area contributed by atoms with Crippen molar-refractivity contribution in [1.82, 2.24) is 15.1 Å². The largest absolute Gasteiger partial charge is 0.320 e. The Hall–Kier alpha value is -0.120. The Balaban J connectivity index is 2.29. The van der Waals surface area contributed by atoms with Gasteiger partial charge in [-0.2, -0.15) is 0 Å². The van der Waals surface area contributed by atoms with Crippen LogP contribution in [-0.2, 0) is 0 Å². The van der Waals surface area contributed by atoms with Gasteiger partial charge in [-0.25, -0.2) is 0 Å². The molecule has 0 bridgehead atoms. The van der Waals surface area contributed by atoms with E-state index >= 15 is 0 Å². The molecule has 0 aromatic carbocycles. The minimum Gasteiger partial charge on any atom is -0.320 e. The lowest BCUT2D eigenvalue weighted by Crippen LogP contribution is -2.50. The summed E-state index contributed by atoms with van der Waals surface area (Å²) in [7, 11) is 2.04. The van der Waals surface area contributed by atoms with Crippen molar-refractivity contribution < 1.29 is 0 Å². The Morgan fingerprint density at radius 2 is 1.80 bits per heavy atom. The van der Waals surface area contributed by atoms with Crippen LogP contribution in [0.3, 0.4) is 0 Å². The van der Waals surface area contributed by atoms with Crippen LogP contribution in [0.15, 0.2) is 0 Å². The third-order valence-electron chi connectivity index (χ3n) is 3.57. The van der Waals surface area contributed by atoms with E-state index in [2.05, 4.69) is 29.0 Å². The second-order valence-electron chi connectivity index (χ2n) is 4.42. The van der Waals surface area contributed by atoms with Crippen LogP contribution in [0.1, 0.15) is 26.7 Å². The molecule has 1 unspecified atom stereocenters. The summed E-state index contributed by atoms with van der Waals surface area (Å²) >= 11 is 0. The summed E-state index contributed by atoms with van der Waals surface area (Å²) in [6.45, 7) is 12.0. The molecule has 1 aliphatic heterocycles. The van der Waals surface area contributed by atoms with Crippen LogP contribution in [0.2, 0.25) is 0 Å². The number of hydrogen-bond donors (Lipinski definition) is 1. The SMILES string of the molecule is CCC(CCNC)N1CCN(CC)CC1. The van der Waals surface area contributed by atoms with Crippen LogP contribution in [0.4, 0.5) is 0 Å². The van der Waals surface area contributed by atoms with Gasteiger partial charge in [-0.1, -0.05) is 13.8 Å². The predicted octanol–water partition coefficient (Wildman–Crippen LogP) is 1.01. The van der Waals surface area contributed by atoms with Gasteiger partial charge in [0.05, 0.1) is 0 Å². The first-order valence-electron chi connectivity index (χ1n) is 6.42. The summed E-state index contributed by atoms with van der Waals surface area (Å²) < 4.78 is 0. The van der Waals surface area contributed by atoms with Crippen LogP contribution < -0.4 is 5.32 Å². The van der Waals surface area contributed by atoms with Crippen LogP contribution >= 0.6 is 0 Å². The van der Waals surface area contributed by atoms with Gasteiger partial charge in [-0.3, -0.25) is 4.90 Å². The normalized spacial score (nSPS) is 21.8. The van der Waals surface area contributed by atoms with Gasteiger partial charge in [0.1, 0.15) is 0 Å². The summed E-state index contributed by atoms with van der Waals surface area (Å²) in [5, 5.41) is 3.25. The van der Waals surface area contributed by atoms with Crippen LogP contribution in [0.5, 0.6) is 0 Å². The summed E-state index contributed by atoms with van der Waals surface area (Å²) in [5.41, 5.74) is 0. The molecule has 0 spiro atoms. The highest BCUT2D eigenvalue weighted by Crippen LogP contribution is 2.11. The van der Waals surface area contributed by atoms with E-state index in [-0.39, 0.29) is 0 Å². The Morgan fingerprint density at radius 1 is 1.13 bits per heavy atom. The van der Waals surface area contributed by atoms with E-state index in [4.69, 9.17) is 0 Å². The molecule has 1 fully saturated rings. The van der Waals surface area contributed by atoms with E-state index in [0.29, 0.717) is 0 Å². The fraction of sp³-hybridized carbons (Fsp3) is 1.00. The molecule has 1 atom stereocenters. The molecule has 3 nitrogen and oxygen atoms in total. The average molecular weight is 213 g/mol. The number of nitrogens with zero attached hydrogens (tertiary/aromatic N) is 2. The summed E-state index contributed by atoms with van der Waals surface area (Å²) in [4.78, 5) is 5.21. The molecular weight excluding hydrogens is 186 g/mol. The van der Waals surface area contributed by atoms with E-state index in [1.54, 1.807) is 0 Å². The van der Waals surface area contributed by atoms with Crippen molar-refractivity contribution in [3.8, 4) is 0 Å². The minimum absolute atomic E-state index is 0.788. The molecule has 15 heavy (non-hydrogen) atoms. The van der Waals surface area contributed by atoms with E-state index in [1.165, 1.54) is 45.6 Å². The monoisotopic (exact) mass is 213 g/mol. The predicted molar refractivity (Wildman–Crippen MR) is 66.3 cm³/mol. The quantitative estimate of drug-likeness (QED) is 0.710. The van der Waals surface area contributed by atoms with Crippen molar-refractivity contribution in [2.75, 3.05) is 46.3 Å². The Morgan fingerprint density at radius 3 is 2.27 bits per heavy atom. The summed E-state index contributed by atoms with van der Waals surface area (Å²) in [6, 6.07) is 0.788. The molecule has 0 saturated carbocycles. The number of hydrogen-bond acceptors (Lipinski definition) is 3. The first kappa shape index (κ1) is 12.9. The molecule has 0 aliphatic carbocycles. The smallest absolute Gasteiger partial charge is 0.0113 e. The van der Waals surface area contributed by atoms with Crippen molar-refractivity contribution in [3.05, 3.63) is 0 Å². The van der Waals surface area contributed by atoms with Crippen molar-refractivity contribution in [3.63, 3.8) is 0 Å². The van der Waals surface area contributed by atoms with Crippen LogP contribution in [0, 0.1) is 0 Å². The van der Waals surface area contributed by atoms with Gasteiger partial charge in [0.2, 0.25) is 0 Å². The maximum Gasteiger partial charge on any atom is 0.0113 e. The summed E-state index contributed by atoms with van der Waals surface area (Å²) in [6.07, 6.45) is 2.58. The molecular formula is C12H27N3. The highest BCUT2D eigenvalue weighted by atomic mass is 15.3. The van der Waals surface area contributed by atoms with Gasteiger partial charge in [0.25, 0.3) is 0 Å². The van der Waals surface area contributed by atoms with Crippen molar-refractivity contribution >= 4 is 0 Å². The lowest BCUT2D eigenvalue weighted by atomic mass is 10.1. The molecule has 0 aromatic rings. The molecule has 1 rings (SSSR count). The first-order chi connectivity index (χ1) is 7.31. The maximum absolute atomic E-state index is 3.25. The van der Waals surface area contributed by atoms with Crippen LogP contribution in [-0.4, -0.2) is 62.2 Å². The average Bonchev–Trinajstić information content (AvgIpc) is 2.31. The summed E-state index contributed by atoms with van der Waals surface area (Å²) in [5.74, 6) is 0. The number of piperazine rings is 1. The molecule has 0 radical (unpaired) electrons. The van der Waals surface area contributed by atoms with E-state index in [9.17, 15) is 0 Å². The van der Waals surface area contributed by atoms with E-state index < -0.39 is 0 Å². The zero-order valence-electron chi connectivity index (χ0n) is 10.6. The Bertz CT molecular complexity index is 153. The Kier molecular flexibility index (Phi) is 6.22. The number of likely N-dealkylation sites (N-methyl/N-ethyl adjacent to an activating group) is 1. The third kappa shape index (κ3) is 4.09. The standard InChI is InChI=1S/C12H27N3/c1-4-12(6-7-13-3)15-10-8-14(5-2)9-11-15/h12-13H,4-11H2,1-3H3. The molecule has 1 N–H and O–H groups in total. The molecule has 1 aliphatic rings. The Labute approximate surface area is 94.8 Å². The first-order valence-corrected chi connectivity index (χ1v) is 6.42. The highest BCUT2D eigenvalue weighted by molar-refractivity contribution is 4.77. The molecule has 3 heteroatoms. The topological polar surface area (TPSA) is 18.5 Å². The lowest BCUT2D eigenvalue weighted by molar-refractivity contribution is 0.0935. The molecule has 1 heterocycles. The van der Waals surface area contributed by atoms with E-state index in [0.717, 1.165) is 12.6 Å². The van der Waals surface area contributed by atoms with Crippen molar-refractivity contribution in [2.45, 2.75) is 32.7 Å². The second-order valence-corrected chi connectivity index (χ2v) is 4.42. The molecule has 1 saturated heterocycles. The molecule has 0 amide bonds.